The van der Waals surface area contributed by atoms with E-state index in [0.29, 0.717) is 0 Å². The van der Waals surface area contributed by atoms with Gasteiger partial charge in [-0.1, -0.05) is 176 Å². The standard InChI is InChI=1S/C70H44O4/c1-2-15-42-39(13-1)14-11-22-43(42)40-27-29-51-59(38-40)65(49-20-6-5-19-48(49)64(51)57-24-12-23-52-54-33-32-53-47-18-7-9-25-60(47)73-69(53)70(54)74-67(52)57)50-31-30-44(45-16-3-4-17-46(45)50)41-28-35-62-58(37-41)55-34-36-63-66(68(55)72-62)56-21-8-10-26-61(56)71-63/h1-34,36-38,51,56,61-62,64H,35H2. The van der Waals surface area contributed by atoms with Crippen LogP contribution < -0.4 is 9.47 Å². The van der Waals surface area contributed by atoms with E-state index in [1.165, 1.54) is 93.9 Å². The molecule has 0 radical (unpaired) electrons. The van der Waals surface area contributed by atoms with Crippen molar-refractivity contribution in [2.24, 2.45) is 5.92 Å². The van der Waals surface area contributed by atoms with E-state index in [0.717, 1.165) is 61.8 Å². The second-order valence-corrected chi connectivity index (χ2v) is 20.7. The van der Waals surface area contributed by atoms with Gasteiger partial charge in [0.2, 0.25) is 0 Å². The van der Waals surface area contributed by atoms with Gasteiger partial charge in [0.1, 0.15) is 34.9 Å². The second-order valence-electron chi connectivity index (χ2n) is 20.7. The van der Waals surface area contributed by atoms with Gasteiger partial charge in [-0.3, -0.25) is 0 Å². The van der Waals surface area contributed by atoms with Crippen LogP contribution >= 0.6 is 0 Å². The zero-order valence-corrected chi connectivity index (χ0v) is 40.1. The maximum atomic E-state index is 7.16. The van der Waals surface area contributed by atoms with Gasteiger partial charge in [-0.15, -0.1) is 0 Å². The van der Waals surface area contributed by atoms with Crippen LogP contribution in [0, 0.1) is 5.92 Å². The average molecular weight is 949 g/mol. The van der Waals surface area contributed by atoms with Crippen LogP contribution in [0.5, 0.6) is 11.5 Å². The Kier molecular flexibility index (Phi) is 8.32. The summed E-state index contributed by atoms with van der Waals surface area (Å²) in [5.41, 5.74) is 19.3. The normalized spacial score (nSPS) is 21.0. The minimum absolute atomic E-state index is 0.00509. The molecule has 2 aliphatic heterocycles. The molecule has 9 aromatic carbocycles. The highest BCUT2D eigenvalue weighted by atomic mass is 16.5. The first kappa shape index (κ1) is 40.5. The first-order valence-corrected chi connectivity index (χ1v) is 26.0. The van der Waals surface area contributed by atoms with Crippen molar-refractivity contribution < 1.29 is 18.3 Å². The summed E-state index contributed by atoms with van der Waals surface area (Å²) in [5, 5.41) is 9.25. The SMILES string of the molecule is C1=CC2Oc3ccc4c(c3C2C=C1)OC1CC=C(c2ccc(C3=C5C=C(c6cccc7ccccc67)C=CC5C(c5cccc6c5oc5c6ccc6c7ccccc7oc65)c5ccccc53)c3ccccc23)C=C41. The highest BCUT2D eigenvalue weighted by Gasteiger charge is 2.42. The molecule has 6 aliphatic rings. The van der Waals surface area contributed by atoms with Crippen molar-refractivity contribution in [3.05, 3.63) is 275 Å². The molecule has 11 aromatic rings. The van der Waals surface area contributed by atoms with Crippen LogP contribution in [-0.4, -0.2) is 12.2 Å². The summed E-state index contributed by atoms with van der Waals surface area (Å²) in [5.74, 6) is 2.03. The highest BCUT2D eigenvalue weighted by molar-refractivity contribution is 6.19. The van der Waals surface area contributed by atoms with Crippen LogP contribution in [0.25, 0.3) is 87.7 Å². The Bertz CT molecular complexity index is 4550. The zero-order chi connectivity index (χ0) is 48.2. The number of fused-ring (bicyclic) bond motifs is 18. The molecule has 348 valence electrons. The lowest BCUT2D eigenvalue weighted by Crippen LogP contribution is -2.23. The van der Waals surface area contributed by atoms with Crippen molar-refractivity contribution in [2.45, 2.75) is 30.5 Å². The number of hydrogen-bond donors (Lipinski definition) is 0. The molecule has 4 nitrogen and oxygen atoms in total. The third-order valence-corrected chi connectivity index (χ3v) is 17.0. The Morgan fingerprint density at radius 3 is 2.04 bits per heavy atom. The Morgan fingerprint density at radius 1 is 0.432 bits per heavy atom. The lowest BCUT2D eigenvalue weighted by molar-refractivity contribution is 0.267. The number of hydrogen-bond acceptors (Lipinski definition) is 4. The molecular weight excluding hydrogens is 905 g/mol. The molecule has 0 bridgehead atoms. The Hall–Kier alpha value is -9.12. The molecule has 2 aromatic heterocycles. The minimum atomic E-state index is -0.0415. The summed E-state index contributed by atoms with van der Waals surface area (Å²) in [7, 11) is 0. The molecule has 0 saturated carbocycles. The summed E-state index contributed by atoms with van der Waals surface area (Å²) in [6.45, 7) is 0. The van der Waals surface area contributed by atoms with Crippen LogP contribution in [0.1, 0.15) is 62.8 Å². The van der Waals surface area contributed by atoms with Crippen molar-refractivity contribution in [3.8, 4) is 11.5 Å². The van der Waals surface area contributed by atoms with Crippen LogP contribution in [0.3, 0.4) is 0 Å². The first-order chi connectivity index (χ1) is 36.7. The molecular formula is C70H44O4. The van der Waals surface area contributed by atoms with E-state index in [1.807, 2.05) is 12.1 Å². The van der Waals surface area contributed by atoms with E-state index in [1.54, 1.807) is 0 Å². The first-order valence-electron chi connectivity index (χ1n) is 26.0. The van der Waals surface area contributed by atoms with E-state index in [9.17, 15) is 0 Å². The fourth-order valence-electron chi connectivity index (χ4n) is 13.7. The lowest BCUT2D eigenvalue weighted by Gasteiger charge is -2.38. The van der Waals surface area contributed by atoms with Gasteiger partial charge in [-0.2, -0.15) is 0 Å². The number of ether oxygens (including phenoxy) is 2. The quantitative estimate of drug-likeness (QED) is 0.176. The molecule has 4 aliphatic carbocycles. The van der Waals surface area contributed by atoms with Gasteiger partial charge < -0.3 is 18.3 Å². The average Bonchev–Trinajstić information content (AvgIpc) is 4.29. The van der Waals surface area contributed by atoms with Gasteiger partial charge in [-0.05, 0) is 120 Å². The molecule has 4 heterocycles. The van der Waals surface area contributed by atoms with E-state index >= 15 is 0 Å². The number of allylic oxidation sites excluding steroid dienone is 9. The smallest absolute Gasteiger partial charge is 0.178 e. The predicted octanol–water partition coefficient (Wildman–Crippen LogP) is 17.6. The largest absolute Gasteiger partial charge is 0.485 e. The molecule has 0 fully saturated rings. The number of furan rings is 2. The highest BCUT2D eigenvalue weighted by Crippen LogP contribution is 2.57. The number of para-hydroxylation sites is 2. The molecule has 0 saturated heterocycles. The third-order valence-electron chi connectivity index (χ3n) is 17.0. The molecule has 74 heavy (non-hydrogen) atoms. The maximum absolute atomic E-state index is 7.16. The Balaban J connectivity index is 0.856. The zero-order valence-electron chi connectivity index (χ0n) is 40.1. The van der Waals surface area contributed by atoms with E-state index in [4.69, 9.17) is 18.3 Å². The van der Waals surface area contributed by atoms with Crippen LogP contribution in [-0.2, 0) is 0 Å². The summed E-state index contributed by atoms with van der Waals surface area (Å²) < 4.78 is 27.0. The second kappa shape index (κ2) is 15.2. The Labute approximate surface area is 426 Å². The fraction of sp³-hybridized carbons (Fsp3) is 0.0857. The molecule has 4 heteroatoms. The van der Waals surface area contributed by atoms with E-state index < -0.39 is 0 Å². The van der Waals surface area contributed by atoms with Gasteiger partial charge in [0.15, 0.2) is 11.2 Å². The summed E-state index contributed by atoms with van der Waals surface area (Å²) in [4.78, 5) is 0. The molecule has 0 N–H and O–H groups in total. The van der Waals surface area contributed by atoms with Crippen molar-refractivity contribution in [2.75, 3.05) is 0 Å². The summed E-state index contributed by atoms with van der Waals surface area (Å²) >= 11 is 0. The van der Waals surface area contributed by atoms with Crippen LogP contribution in [0.2, 0.25) is 0 Å². The van der Waals surface area contributed by atoms with Crippen molar-refractivity contribution in [1.82, 2.24) is 0 Å². The van der Waals surface area contributed by atoms with Crippen LogP contribution in [0.15, 0.2) is 239 Å². The van der Waals surface area contributed by atoms with Gasteiger partial charge in [0.05, 0.1) is 5.92 Å². The molecule has 17 rings (SSSR count). The number of rotatable bonds is 4. The minimum Gasteiger partial charge on any atom is -0.485 e. The molecule has 0 spiro atoms. The lowest BCUT2D eigenvalue weighted by atomic mass is 9.65. The van der Waals surface area contributed by atoms with Crippen LogP contribution in [0.4, 0.5) is 0 Å². The fourth-order valence-corrected chi connectivity index (χ4v) is 13.7. The van der Waals surface area contributed by atoms with Gasteiger partial charge in [-0.25, -0.2) is 0 Å². The maximum Gasteiger partial charge on any atom is 0.178 e. The summed E-state index contributed by atoms with van der Waals surface area (Å²) in [6, 6.07) is 62.1. The monoisotopic (exact) mass is 948 g/mol. The van der Waals surface area contributed by atoms with Crippen molar-refractivity contribution in [1.29, 1.82) is 0 Å². The van der Waals surface area contributed by atoms with Gasteiger partial charge in [0.25, 0.3) is 0 Å². The Morgan fingerprint density at radius 2 is 1.11 bits per heavy atom. The molecule has 5 unspecified atom stereocenters. The third kappa shape index (κ3) is 5.63. The van der Waals surface area contributed by atoms with E-state index in [2.05, 4.69) is 212 Å². The summed E-state index contributed by atoms with van der Waals surface area (Å²) in [6.07, 6.45) is 21.5. The molecule has 5 atom stereocenters. The predicted molar refractivity (Wildman–Crippen MR) is 301 cm³/mol. The van der Waals surface area contributed by atoms with E-state index in [-0.39, 0.29) is 30.0 Å². The molecule has 0 amide bonds. The number of benzene rings is 9. The topological polar surface area (TPSA) is 44.7 Å². The van der Waals surface area contributed by atoms with Crippen molar-refractivity contribution in [3.63, 3.8) is 0 Å². The van der Waals surface area contributed by atoms with Gasteiger partial charge >= 0.3 is 0 Å². The van der Waals surface area contributed by atoms with Crippen molar-refractivity contribution >= 4 is 87.7 Å². The van der Waals surface area contributed by atoms with Gasteiger partial charge in [0, 0.05) is 62.1 Å².